The van der Waals surface area contributed by atoms with Gasteiger partial charge in [-0.15, -0.1) is 0 Å². The fourth-order valence-corrected chi connectivity index (χ4v) is 1.69. The average molecular weight is 188 g/mol. The van der Waals surface area contributed by atoms with Gasteiger partial charge in [0.25, 0.3) is 0 Å². The Hall–Kier alpha value is -0.710. The number of hydrogen-bond acceptors (Lipinski definition) is 3. The van der Waals surface area contributed by atoms with E-state index < -0.39 is 5.67 Å². The standard InChI is InChI=1S/C7H9FN2OS/c1-7(8)2-4(3-7)5-9-6(12)10-11-5/h4H,2-3H2,1H3,(H,10,12). The second kappa shape index (κ2) is 2.39. The molecule has 1 saturated carbocycles. The molecule has 0 radical (unpaired) electrons. The monoisotopic (exact) mass is 188 g/mol. The molecular formula is C7H9FN2OS. The fourth-order valence-electron chi connectivity index (χ4n) is 1.56. The minimum Gasteiger partial charge on any atom is -0.364 e. The minimum absolute atomic E-state index is 0.105. The van der Waals surface area contributed by atoms with E-state index in [-0.39, 0.29) is 5.92 Å². The molecule has 0 saturated heterocycles. The van der Waals surface area contributed by atoms with Crippen LogP contribution >= 0.6 is 12.2 Å². The predicted molar refractivity (Wildman–Crippen MR) is 43.2 cm³/mol. The number of alkyl halides is 1. The molecule has 0 unspecified atom stereocenters. The van der Waals surface area contributed by atoms with Gasteiger partial charge in [0.15, 0.2) is 0 Å². The van der Waals surface area contributed by atoms with Crippen molar-refractivity contribution in [3.8, 4) is 0 Å². The van der Waals surface area contributed by atoms with E-state index in [1.165, 1.54) is 0 Å². The van der Waals surface area contributed by atoms with Gasteiger partial charge in [0, 0.05) is 5.92 Å². The van der Waals surface area contributed by atoms with Gasteiger partial charge in [0.2, 0.25) is 10.7 Å². The van der Waals surface area contributed by atoms with E-state index >= 15 is 0 Å². The van der Waals surface area contributed by atoms with Crippen LogP contribution in [0.25, 0.3) is 0 Å². The van der Waals surface area contributed by atoms with Crippen LogP contribution in [-0.2, 0) is 0 Å². The quantitative estimate of drug-likeness (QED) is 0.688. The van der Waals surface area contributed by atoms with Crippen LogP contribution in [0.4, 0.5) is 4.39 Å². The SMILES string of the molecule is CC1(F)CC(c2nc(=S)[nH]o2)C1. The highest BCUT2D eigenvalue weighted by Crippen LogP contribution is 2.46. The lowest BCUT2D eigenvalue weighted by Gasteiger charge is -2.36. The summed E-state index contributed by atoms with van der Waals surface area (Å²) < 4.78 is 18.3. The third-order valence-electron chi connectivity index (χ3n) is 2.15. The highest BCUT2D eigenvalue weighted by atomic mass is 32.1. The van der Waals surface area contributed by atoms with Crippen LogP contribution in [0.2, 0.25) is 0 Å². The van der Waals surface area contributed by atoms with Gasteiger partial charge in [-0.05, 0) is 32.0 Å². The number of hydrogen-bond donors (Lipinski definition) is 1. The summed E-state index contributed by atoms with van der Waals surface area (Å²) in [5.41, 5.74) is -1.04. The van der Waals surface area contributed by atoms with Crippen molar-refractivity contribution in [3.63, 3.8) is 0 Å². The van der Waals surface area contributed by atoms with Gasteiger partial charge < -0.3 is 4.52 Å². The second-order valence-electron chi connectivity index (χ2n) is 3.48. The molecule has 0 aliphatic heterocycles. The highest BCUT2D eigenvalue weighted by molar-refractivity contribution is 7.71. The normalized spacial score (nSPS) is 34.7. The molecule has 0 atom stereocenters. The Morgan fingerprint density at radius 2 is 2.42 bits per heavy atom. The Balaban J connectivity index is 2.10. The molecule has 0 bridgehead atoms. The van der Waals surface area contributed by atoms with E-state index in [0.717, 1.165) is 0 Å². The van der Waals surface area contributed by atoms with Crippen molar-refractivity contribution in [1.29, 1.82) is 0 Å². The molecule has 0 spiro atoms. The number of nitrogens with zero attached hydrogens (tertiary/aromatic N) is 1. The molecule has 1 aliphatic carbocycles. The van der Waals surface area contributed by atoms with Gasteiger partial charge in [0.05, 0.1) is 0 Å². The zero-order valence-electron chi connectivity index (χ0n) is 6.63. The summed E-state index contributed by atoms with van der Waals surface area (Å²) in [6.07, 6.45) is 0.965. The average Bonchev–Trinajstić information content (AvgIpc) is 2.30. The Morgan fingerprint density at radius 1 is 1.75 bits per heavy atom. The third-order valence-corrected chi connectivity index (χ3v) is 2.32. The minimum atomic E-state index is -1.04. The van der Waals surface area contributed by atoms with E-state index in [9.17, 15) is 4.39 Å². The smallest absolute Gasteiger partial charge is 0.229 e. The molecule has 3 nitrogen and oxygen atoms in total. The summed E-state index contributed by atoms with van der Waals surface area (Å²) in [6, 6.07) is 0. The van der Waals surface area contributed by atoms with Crippen LogP contribution in [0.3, 0.4) is 0 Å². The first-order chi connectivity index (χ1) is 5.57. The number of aromatic nitrogens is 2. The molecule has 1 aromatic rings. The van der Waals surface area contributed by atoms with Crippen LogP contribution < -0.4 is 0 Å². The molecule has 66 valence electrons. The number of halogens is 1. The number of aromatic amines is 1. The first-order valence-corrected chi connectivity index (χ1v) is 4.22. The predicted octanol–water partition coefficient (Wildman–Crippen LogP) is 2.34. The lowest BCUT2D eigenvalue weighted by molar-refractivity contribution is 0.0481. The van der Waals surface area contributed by atoms with Gasteiger partial charge in [-0.1, -0.05) is 0 Å². The van der Waals surface area contributed by atoms with Gasteiger partial charge in [0.1, 0.15) is 5.67 Å². The zero-order chi connectivity index (χ0) is 8.77. The molecule has 0 amide bonds. The maximum Gasteiger partial charge on any atom is 0.229 e. The molecule has 1 fully saturated rings. The fraction of sp³-hybridized carbons (Fsp3) is 0.714. The van der Waals surface area contributed by atoms with Gasteiger partial charge >= 0.3 is 0 Å². The van der Waals surface area contributed by atoms with Crippen molar-refractivity contribution in [2.45, 2.75) is 31.4 Å². The third kappa shape index (κ3) is 1.29. The van der Waals surface area contributed by atoms with Crippen molar-refractivity contribution < 1.29 is 8.91 Å². The summed E-state index contributed by atoms with van der Waals surface area (Å²) >= 11 is 4.73. The summed E-state index contributed by atoms with van der Waals surface area (Å²) in [6.45, 7) is 1.59. The lowest BCUT2D eigenvalue weighted by Crippen LogP contribution is -2.35. The van der Waals surface area contributed by atoms with E-state index in [1.54, 1.807) is 6.92 Å². The summed E-state index contributed by atoms with van der Waals surface area (Å²) in [7, 11) is 0. The molecule has 1 heterocycles. The van der Waals surface area contributed by atoms with Gasteiger partial charge in [-0.3, -0.25) is 0 Å². The second-order valence-corrected chi connectivity index (χ2v) is 3.86. The molecular weight excluding hydrogens is 179 g/mol. The number of nitrogens with one attached hydrogen (secondary N) is 1. The number of rotatable bonds is 1. The Labute approximate surface area is 74.0 Å². The maximum absolute atomic E-state index is 13.0. The maximum atomic E-state index is 13.0. The van der Waals surface area contributed by atoms with Gasteiger partial charge in [-0.2, -0.15) is 10.1 Å². The number of H-pyrrole nitrogens is 1. The molecule has 1 aromatic heterocycles. The van der Waals surface area contributed by atoms with Crippen molar-refractivity contribution in [2.75, 3.05) is 0 Å². The molecule has 1 N–H and O–H groups in total. The Bertz CT molecular complexity index is 335. The molecule has 2 rings (SSSR count). The van der Waals surface area contributed by atoms with E-state index in [0.29, 0.717) is 23.5 Å². The lowest BCUT2D eigenvalue weighted by atomic mass is 9.73. The zero-order valence-corrected chi connectivity index (χ0v) is 7.45. The Kier molecular flexibility index (Phi) is 1.57. The molecule has 1 aliphatic rings. The van der Waals surface area contributed by atoms with E-state index in [4.69, 9.17) is 16.7 Å². The summed E-state index contributed by atoms with van der Waals surface area (Å²) in [5.74, 6) is 0.642. The van der Waals surface area contributed by atoms with Crippen LogP contribution in [0.1, 0.15) is 31.6 Å². The summed E-state index contributed by atoms with van der Waals surface area (Å²) in [5, 5.41) is 2.45. The van der Waals surface area contributed by atoms with Crippen LogP contribution in [0, 0.1) is 4.77 Å². The van der Waals surface area contributed by atoms with Crippen molar-refractivity contribution in [3.05, 3.63) is 10.7 Å². The van der Waals surface area contributed by atoms with Crippen molar-refractivity contribution in [2.24, 2.45) is 0 Å². The molecule has 12 heavy (non-hydrogen) atoms. The van der Waals surface area contributed by atoms with Gasteiger partial charge in [-0.25, -0.2) is 4.39 Å². The molecule has 0 aromatic carbocycles. The van der Waals surface area contributed by atoms with Crippen LogP contribution in [0.15, 0.2) is 4.52 Å². The largest absolute Gasteiger partial charge is 0.364 e. The highest BCUT2D eigenvalue weighted by Gasteiger charge is 2.43. The van der Waals surface area contributed by atoms with Crippen LogP contribution in [-0.4, -0.2) is 15.8 Å². The summed E-state index contributed by atoms with van der Waals surface area (Å²) in [4.78, 5) is 3.92. The Morgan fingerprint density at radius 3 is 2.83 bits per heavy atom. The van der Waals surface area contributed by atoms with Crippen LogP contribution in [0.5, 0.6) is 0 Å². The van der Waals surface area contributed by atoms with Crippen molar-refractivity contribution >= 4 is 12.2 Å². The first-order valence-electron chi connectivity index (χ1n) is 3.81. The van der Waals surface area contributed by atoms with Crippen molar-refractivity contribution in [1.82, 2.24) is 10.1 Å². The van der Waals surface area contributed by atoms with E-state index in [2.05, 4.69) is 10.1 Å². The topological polar surface area (TPSA) is 41.8 Å². The first kappa shape index (κ1) is 7.91. The molecule has 5 heteroatoms. The van der Waals surface area contributed by atoms with E-state index in [1.807, 2.05) is 0 Å².